The molecule has 1 unspecified atom stereocenters. The van der Waals surface area contributed by atoms with Crippen LogP contribution in [-0.2, 0) is 0 Å². The second-order valence-corrected chi connectivity index (χ2v) is 7.97. The van der Waals surface area contributed by atoms with E-state index in [0.29, 0.717) is 5.41 Å². The number of rotatable bonds is 3. The second kappa shape index (κ2) is 6.50. The monoisotopic (exact) mass is 288 g/mol. The average molecular weight is 288 g/mol. The largest absolute Gasteiger partial charge is 0.323 e. The van der Waals surface area contributed by atoms with Gasteiger partial charge in [-0.2, -0.15) is 0 Å². The molecule has 1 aliphatic heterocycles. The Morgan fingerprint density at radius 2 is 1.62 bits per heavy atom. The van der Waals surface area contributed by atoms with Gasteiger partial charge in [0, 0.05) is 12.6 Å². The maximum Gasteiger partial charge on any atom is 0.0424 e. The third kappa shape index (κ3) is 4.55. The van der Waals surface area contributed by atoms with Crippen LogP contribution >= 0.6 is 0 Å². The fourth-order valence-electron chi connectivity index (χ4n) is 3.59. The number of hydrogen-bond acceptors (Lipinski definition) is 2. The second-order valence-electron chi connectivity index (χ2n) is 7.97. The highest BCUT2D eigenvalue weighted by molar-refractivity contribution is 5.30. The van der Waals surface area contributed by atoms with Gasteiger partial charge in [-0.05, 0) is 56.7 Å². The fourth-order valence-corrected chi connectivity index (χ4v) is 3.59. The van der Waals surface area contributed by atoms with Crippen molar-refractivity contribution in [2.24, 2.45) is 17.1 Å². The maximum absolute atomic E-state index is 6.44. The zero-order chi connectivity index (χ0) is 15.6. The summed E-state index contributed by atoms with van der Waals surface area (Å²) < 4.78 is 0. The van der Waals surface area contributed by atoms with Gasteiger partial charge in [-0.1, -0.05) is 50.1 Å². The Labute approximate surface area is 130 Å². The van der Waals surface area contributed by atoms with Gasteiger partial charge in [0.2, 0.25) is 0 Å². The van der Waals surface area contributed by atoms with Crippen molar-refractivity contribution < 1.29 is 0 Å². The first-order valence-corrected chi connectivity index (χ1v) is 8.32. The summed E-state index contributed by atoms with van der Waals surface area (Å²) in [5.74, 6) is 0.853. The van der Waals surface area contributed by atoms with Crippen LogP contribution in [0.1, 0.15) is 56.3 Å². The van der Waals surface area contributed by atoms with E-state index < -0.39 is 0 Å². The van der Waals surface area contributed by atoms with Gasteiger partial charge in [0.15, 0.2) is 0 Å². The van der Waals surface area contributed by atoms with Crippen LogP contribution in [0.15, 0.2) is 18.2 Å². The number of likely N-dealkylation sites (tertiary alicyclic amines) is 1. The minimum Gasteiger partial charge on any atom is -0.323 e. The van der Waals surface area contributed by atoms with Gasteiger partial charge in [-0.25, -0.2) is 0 Å². The predicted octanol–water partition coefficient (Wildman–Crippen LogP) is 4.06. The Kier molecular flexibility index (Phi) is 5.11. The van der Waals surface area contributed by atoms with Crippen molar-refractivity contribution in [1.29, 1.82) is 0 Å². The molecule has 1 heterocycles. The highest BCUT2D eigenvalue weighted by Crippen LogP contribution is 2.34. The lowest BCUT2D eigenvalue weighted by Gasteiger charge is -2.39. The normalized spacial score (nSPS) is 19.7. The van der Waals surface area contributed by atoms with E-state index in [1.54, 1.807) is 0 Å². The smallest absolute Gasteiger partial charge is 0.0424 e. The van der Waals surface area contributed by atoms with E-state index >= 15 is 0 Å². The molecule has 21 heavy (non-hydrogen) atoms. The molecule has 2 heteroatoms. The van der Waals surface area contributed by atoms with E-state index in [0.717, 1.165) is 12.5 Å². The van der Waals surface area contributed by atoms with Gasteiger partial charge in [0.1, 0.15) is 0 Å². The lowest BCUT2D eigenvalue weighted by Crippen LogP contribution is -2.41. The summed E-state index contributed by atoms with van der Waals surface area (Å²) in [4.78, 5) is 2.55. The summed E-state index contributed by atoms with van der Waals surface area (Å²) in [6.07, 6.45) is 2.62. The van der Waals surface area contributed by atoms with E-state index in [1.807, 2.05) is 0 Å². The van der Waals surface area contributed by atoms with Gasteiger partial charge in [0.25, 0.3) is 0 Å². The Morgan fingerprint density at radius 1 is 1.10 bits per heavy atom. The summed E-state index contributed by atoms with van der Waals surface area (Å²) in [7, 11) is 0. The Hall–Kier alpha value is -0.860. The lowest BCUT2D eigenvalue weighted by molar-refractivity contribution is 0.108. The van der Waals surface area contributed by atoms with Crippen molar-refractivity contribution in [3.63, 3.8) is 0 Å². The highest BCUT2D eigenvalue weighted by atomic mass is 15.1. The molecule has 118 valence electrons. The molecule has 0 radical (unpaired) electrons. The molecule has 1 aromatic rings. The molecule has 1 aromatic carbocycles. The molecular formula is C19H32N2. The molecule has 0 bridgehead atoms. The zero-order valence-corrected chi connectivity index (χ0v) is 14.4. The summed E-state index contributed by atoms with van der Waals surface area (Å²) in [5.41, 5.74) is 10.8. The number of piperidine rings is 1. The predicted molar refractivity (Wildman–Crippen MR) is 91.5 cm³/mol. The SMILES string of the molecule is Cc1cc(C)cc(C(N)CN2CCC(C(C)(C)C)CC2)c1. The molecule has 2 nitrogen and oxygen atoms in total. The minimum atomic E-state index is 0.134. The van der Waals surface area contributed by atoms with Crippen molar-refractivity contribution in [2.75, 3.05) is 19.6 Å². The number of aryl methyl sites for hydroxylation is 2. The number of nitrogens with zero attached hydrogens (tertiary/aromatic N) is 1. The summed E-state index contributed by atoms with van der Waals surface area (Å²) in [6.45, 7) is 14.8. The van der Waals surface area contributed by atoms with Gasteiger partial charge in [-0.3, -0.25) is 0 Å². The highest BCUT2D eigenvalue weighted by Gasteiger charge is 2.29. The van der Waals surface area contributed by atoms with Crippen molar-refractivity contribution in [3.05, 3.63) is 34.9 Å². The molecule has 2 rings (SSSR count). The molecule has 0 saturated carbocycles. The van der Waals surface area contributed by atoms with E-state index in [-0.39, 0.29) is 6.04 Å². The van der Waals surface area contributed by atoms with Crippen LogP contribution in [0.4, 0.5) is 0 Å². The number of benzene rings is 1. The van der Waals surface area contributed by atoms with Crippen molar-refractivity contribution in [2.45, 2.75) is 53.5 Å². The van der Waals surface area contributed by atoms with Gasteiger partial charge >= 0.3 is 0 Å². The molecule has 1 atom stereocenters. The summed E-state index contributed by atoms with van der Waals surface area (Å²) >= 11 is 0. The molecular weight excluding hydrogens is 256 g/mol. The minimum absolute atomic E-state index is 0.134. The van der Waals surface area contributed by atoms with E-state index in [9.17, 15) is 0 Å². The number of nitrogens with two attached hydrogens (primary N) is 1. The van der Waals surface area contributed by atoms with Gasteiger partial charge in [-0.15, -0.1) is 0 Å². The fraction of sp³-hybridized carbons (Fsp3) is 0.684. The summed E-state index contributed by atoms with van der Waals surface area (Å²) in [6, 6.07) is 6.82. The van der Waals surface area contributed by atoms with Crippen LogP contribution in [0.5, 0.6) is 0 Å². The first kappa shape index (κ1) is 16.5. The Morgan fingerprint density at radius 3 is 2.10 bits per heavy atom. The third-order valence-corrected chi connectivity index (χ3v) is 4.94. The standard InChI is InChI=1S/C19H32N2/c1-14-10-15(2)12-16(11-14)18(20)13-21-8-6-17(7-9-21)19(3,4)5/h10-12,17-18H,6-9,13,20H2,1-5H3. The molecule has 1 aliphatic rings. The van der Waals surface area contributed by atoms with Crippen LogP contribution in [0.3, 0.4) is 0 Å². The first-order valence-electron chi connectivity index (χ1n) is 8.32. The third-order valence-electron chi connectivity index (χ3n) is 4.94. The summed E-state index contributed by atoms with van der Waals surface area (Å²) in [5, 5.41) is 0. The Bertz CT molecular complexity index is 445. The molecule has 0 aromatic heterocycles. The van der Waals surface area contributed by atoms with Crippen LogP contribution in [0.25, 0.3) is 0 Å². The lowest BCUT2D eigenvalue weighted by atomic mass is 9.75. The molecule has 1 fully saturated rings. The van der Waals surface area contributed by atoms with Crippen LogP contribution in [-0.4, -0.2) is 24.5 Å². The van der Waals surface area contributed by atoms with Crippen LogP contribution in [0.2, 0.25) is 0 Å². The van der Waals surface area contributed by atoms with Crippen molar-refractivity contribution >= 4 is 0 Å². The maximum atomic E-state index is 6.44. The molecule has 0 spiro atoms. The van der Waals surface area contributed by atoms with Crippen molar-refractivity contribution in [1.82, 2.24) is 4.90 Å². The van der Waals surface area contributed by atoms with Crippen molar-refractivity contribution in [3.8, 4) is 0 Å². The Balaban J connectivity index is 1.91. The average Bonchev–Trinajstić information content (AvgIpc) is 2.37. The van der Waals surface area contributed by atoms with E-state index in [4.69, 9.17) is 5.73 Å². The van der Waals surface area contributed by atoms with Gasteiger partial charge < -0.3 is 10.6 Å². The molecule has 0 aliphatic carbocycles. The molecule has 0 amide bonds. The van der Waals surface area contributed by atoms with Crippen LogP contribution in [0, 0.1) is 25.2 Å². The van der Waals surface area contributed by atoms with Gasteiger partial charge in [0.05, 0.1) is 0 Å². The number of hydrogen-bond donors (Lipinski definition) is 1. The molecule has 1 saturated heterocycles. The van der Waals surface area contributed by atoms with E-state index in [2.05, 4.69) is 57.7 Å². The van der Waals surface area contributed by atoms with E-state index in [1.165, 1.54) is 42.6 Å². The van der Waals surface area contributed by atoms with Crippen LogP contribution < -0.4 is 5.73 Å². The first-order chi connectivity index (χ1) is 9.75. The zero-order valence-electron chi connectivity index (χ0n) is 14.4. The topological polar surface area (TPSA) is 29.3 Å². The molecule has 2 N–H and O–H groups in total. The quantitative estimate of drug-likeness (QED) is 0.908.